The smallest absolute Gasteiger partial charge is 0.230 e. The molecule has 0 aliphatic heterocycles. The van der Waals surface area contributed by atoms with Gasteiger partial charge < -0.3 is 15.1 Å². The molecule has 1 aliphatic rings. The van der Waals surface area contributed by atoms with Crippen molar-refractivity contribution < 1.29 is 9.21 Å². The van der Waals surface area contributed by atoms with E-state index < -0.39 is 0 Å². The number of aromatic nitrogens is 2. The van der Waals surface area contributed by atoms with Crippen molar-refractivity contribution in [3.05, 3.63) is 48.4 Å². The van der Waals surface area contributed by atoms with Crippen LogP contribution in [-0.4, -0.2) is 27.7 Å². The van der Waals surface area contributed by atoms with Crippen molar-refractivity contribution in [2.75, 3.05) is 11.1 Å². The summed E-state index contributed by atoms with van der Waals surface area (Å²) >= 11 is 1.35. The summed E-state index contributed by atoms with van der Waals surface area (Å²) in [5, 5.41) is 8.11. The molecule has 1 fully saturated rings. The van der Waals surface area contributed by atoms with Gasteiger partial charge in [0.2, 0.25) is 5.91 Å². The van der Waals surface area contributed by atoms with Crippen LogP contribution in [0.1, 0.15) is 37.9 Å². The van der Waals surface area contributed by atoms with Crippen LogP contribution in [-0.2, 0) is 11.3 Å². The SMILES string of the molecule is O=C(CSc1nc(NC2CCCCC2)c2ccccc2n1)NCc1ccco1. The van der Waals surface area contributed by atoms with Gasteiger partial charge in [-0.2, -0.15) is 0 Å². The van der Waals surface area contributed by atoms with E-state index in [9.17, 15) is 4.79 Å². The number of nitrogens with one attached hydrogen (secondary N) is 2. The lowest BCUT2D eigenvalue weighted by Crippen LogP contribution is -2.24. The summed E-state index contributed by atoms with van der Waals surface area (Å²) in [6.07, 6.45) is 7.79. The number of amides is 1. The number of para-hydroxylation sites is 1. The van der Waals surface area contributed by atoms with Crippen molar-refractivity contribution in [3.63, 3.8) is 0 Å². The topological polar surface area (TPSA) is 80.0 Å². The van der Waals surface area contributed by atoms with E-state index in [0.29, 0.717) is 17.7 Å². The van der Waals surface area contributed by atoms with Gasteiger partial charge >= 0.3 is 0 Å². The van der Waals surface area contributed by atoms with Crippen molar-refractivity contribution in [1.29, 1.82) is 0 Å². The Balaban J connectivity index is 1.43. The maximum absolute atomic E-state index is 12.1. The molecule has 4 rings (SSSR count). The number of furan rings is 1. The molecule has 2 aromatic heterocycles. The largest absolute Gasteiger partial charge is 0.467 e. The Morgan fingerprint density at radius 1 is 1.11 bits per heavy atom. The Morgan fingerprint density at radius 2 is 1.96 bits per heavy atom. The number of nitrogens with zero attached hydrogens (tertiary/aromatic N) is 2. The summed E-state index contributed by atoms with van der Waals surface area (Å²) in [5.74, 6) is 1.80. The second-order valence-electron chi connectivity index (χ2n) is 7.00. The van der Waals surface area contributed by atoms with Gasteiger partial charge in [-0.05, 0) is 37.1 Å². The highest BCUT2D eigenvalue weighted by Crippen LogP contribution is 2.27. The fraction of sp³-hybridized carbons (Fsp3) is 0.381. The number of carbonyl (C=O) groups excluding carboxylic acids is 1. The van der Waals surface area contributed by atoms with Crippen LogP contribution >= 0.6 is 11.8 Å². The minimum Gasteiger partial charge on any atom is -0.467 e. The highest BCUT2D eigenvalue weighted by Gasteiger charge is 2.16. The van der Waals surface area contributed by atoms with Crippen molar-refractivity contribution in [3.8, 4) is 0 Å². The third kappa shape index (κ3) is 4.84. The lowest BCUT2D eigenvalue weighted by Gasteiger charge is -2.24. The lowest BCUT2D eigenvalue weighted by atomic mass is 9.95. The number of rotatable bonds is 7. The number of benzene rings is 1. The van der Waals surface area contributed by atoms with E-state index in [1.165, 1.54) is 43.9 Å². The fourth-order valence-corrected chi connectivity index (χ4v) is 4.13. The van der Waals surface area contributed by atoms with Crippen molar-refractivity contribution >= 4 is 34.4 Å². The summed E-state index contributed by atoms with van der Waals surface area (Å²) in [5.41, 5.74) is 0.898. The second kappa shape index (κ2) is 9.10. The first-order valence-corrected chi connectivity index (χ1v) is 10.7. The molecule has 3 aromatic rings. The molecular weight excluding hydrogens is 372 g/mol. The molecule has 0 spiro atoms. The molecule has 0 bridgehead atoms. The maximum Gasteiger partial charge on any atom is 0.230 e. The Labute approximate surface area is 168 Å². The van der Waals surface area contributed by atoms with E-state index in [2.05, 4.69) is 15.6 Å². The molecule has 0 radical (unpaired) electrons. The van der Waals surface area contributed by atoms with E-state index in [1.54, 1.807) is 12.3 Å². The van der Waals surface area contributed by atoms with Crippen LogP contribution in [0.25, 0.3) is 10.9 Å². The predicted octanol–water partition coefficient (Wildman–Crippen LogP) is 4.38. The highest BCUT2D eigenvalue weighted by atomic mass is 32.2. The summed E-state index contributed by atoms with van der Waals surface area (Å²) in [7, 11) is 0. The molecule has 0 saturated heterocycles. The van der Waals surface area contributed by atoms with Gasteiger partial charge in [-0.15, -0.1) is 0 Å². The van der Waals surface area contributed by atoms with E-state index in [4.69, 9.17) is 9.40 Å². The number of hydrogen-bond acceptors (Lipinski definition) is 6. The highest BCUT2D eigenvalue weighted by molar-refractivity contribution is 7.99. The van der Waals surface area contributed by atoms with Crippen LogP contribution in [0.4, 0.5) is 5.82 Å². The van der Waals surface area contributed by atoms with Crippen LogP contribution in [0.15, 0.2) is 52.2 Å². The van der Waals surface area contributed by atoms with Gasteiger partial charge in [-0.1, -0.05) is 43.2 Å². The number of hydrogen-bond donors (Lipinski definition) is 2. The molecule has 0 atom stereocenters. The normalized spacial score (nSPS) is 14.9. The average molecular weight is 397 g/mol. The number of anilines is 1. The van der Waals surface area contributed by atoms with Crippen molar-refractivity contribution in [1.82, 2.24) is 15.3 Å². The summed E-state index contributed by atoms with van der Waals surface area (Å²) in [6.45, 7) is 0.388. The van der Waals surface area contributed by atoms with Gasteiger partial charge in [0, 0.05) is 11.4 Å². The van der Waals surface area contributed by atoms with Gasteiger partial charge in [-0.3, -0.25) is 4.79 Å². The second-order valence-corrected chi connectivity index (χ2v) is 7.94. The average Bonchev–Trinajstić information content (AvgIpc) is 3.25. The van der Waals surface area contributed by atoms with Crippen molar-refractivity contribution in [2.24, 2.45) is 0 Å². The van der Waals surface area contributed by atoms with Crippen LogP contribution in [0, 0.1) is 0 Å². The zero-order chi connectivity index (χ0) is 19.2. The Kier molecular flexibility index (Phi) is 6.11. The molecule has 0 unspecified atom stereocenters. The molecule has 1 saturated carbocycles. The zero-order valence-electron chi connectivity index (χ0n) is 15.7. The van der Waals surface area contributed by atoms with Gasteiger partial charge in [0.25, 0.3) is 0 Å². The summed E-state index contributed by atoms with van der Waals surface area (Å²) < 4.78 is 5.23. The molecule has 7 heteroatoms. The molecule has 2 heterocycles. The predicted molar refractivity (Wildman–Crippen MR) is 111 cm³/mol. The van der Waals surface area contributed by atoms with Gasteiger partial charge in [0.1, 0.15) is 11.6 Å². The molecule has 6 nitrogen and oxygen atoms in total. The molecule has 1 aliphatic carbocycles. The fourth-order valence-electron chi connectivity index (χ4n) is 3.45. The minimum atomic E-state index is -0.0695. The molecule has 146 valence electrons. The molecule has 2 N–H and O–H groups in total. The van der Waals surface area contributed by atoms with E-state index >= 15 is 0 Å². The summed E-state index contributed by atoms with van der Waals surface area (Å²) in [6, 6.07) is 12.1. The lowest BCUT2D eigenvalue weighted by molar-refractivity contribution is -0.118. The molecular formula is C21H24N4O2S. The minimum absolute atomic E-state index is 0.0695. The Hall–Kier alpha value is -2.54. The first-order valence-electron chi connectivity index (χ1n) is 9.73. The number of carbonyl (C=O) groups is 1. The number of fused-ring (bicyclic) bond motifs is 1. The van der Waals surface area contributed by atoms with Gasteiger partial charge in [0.05, 0.1) is 24.1 Å². The summed E-state index contributed by atoms with van der Waals surface area (Å²) in [4.78, 5) is 21.5. The Bertz CT molecular complexity index is 923. The van der Waals surface area contributed by atoms with E-state index in [-0.39, 0.29) is 11.7 Å². The van der Waals surface area contributed by atoms with E-state index in [1.807, 2.05) is 30.3 Å². The number of thioether (sulfide) groups is 1. The van der Waals surface area contributed by atoms with Crippen LogP contribution in [0.5, 0.6) is 0 Å². The van der Waals surface area contributed by atoms with Crippen LogP contribution < -0.4 is 10.6 Å². The van der Waals surface area contributed by atoms with Crippen LogP contribution in [0.3, 0.4) is 0 Å². The third-order valence-electron chi connectivity index (χ3n) is 4.90. The van der Waals surface area contributed by atoms with E-state index in [0.717, 1.165) is 22.5 Å². The van der Waals surface area contributed by atoms with Gasteiger partial charge in [-0.25, -0.2) is 9.97 Å². The first kappa shape index (κ1) is 18.8. The Morgan fingerprint density at radius 3 is 2.79 bits per heavy atom. The monoisotopic (exact) mass is 396 g/mol. The van der Waals surface area contributed by atoms with Crippen LogP contribution in [0.2, 0.25) is 0 Å². The molecule has 28 heavy (non-hydrogen) atoms. The van der Waals surface area contributed by atoms with Crippen molar-refractivity contribution in [2.45, 2.75) is 49.8 Å². The third-order valence-corrected chi connectivity index (χ3v) is 5.75. The molecule has 1 aromatic carbocycles. The molecule has 1 amide bonds. The van der Waals surface area contributed by atoms with Gasteiger partial charge in [0.15, 0.2) is 5.16 Å². The zero-order valence-corrected chi connectivity index (χ0v) is 16.5. The maximum atomic E-state index is 12.1. The first-order chi connectivity index (χ1) is 13.8. The standard InChI is InChI=1S/C21H24N4O2S/c26-19(22-13-16-9-6-12-27-16)14-28-21-24-18-11-5-4-10-17(18)20(25-21)23-15-7-2-1-3-8-15/h4-6,9-12,15H,1-3,7-8,13-14H2,(H,22,26)(H,23,24,25). The quantitative estimate of drug-likeness (QED) is 0.456.